The Bertz CT molecular complexity index is 9260. The number of aromatic nitrogens is 12. The van der Waals surface area contributed by atoms with Crippen molar-refractivity contribution in [2.45, 2.75) is 34.1 Å². The first-order valence-electron chi connectivity index (χ1n) is 48.5. The molecular weight excluding hydrogens is 2570 g/mol. The molecular formula is C130H92N12O4Pt4-4. The first-order chi connectivity index (χ1) is 71.7. The molecule has 0 spiro atoms. The maximum absolute atomic E-state index is 10.7. The summed E-state index contributed by atoms with van der Waals surface area (Å²) in [5.41, 5.74) is 31.8. The molecule has 12 heterocycles. The number of hydrogen-bond acceptors (Lipinski definition) is 12. The van der Waals surface area contributed by atoms with Crippen molar-refractivity contribution in [2.75, 3.05) is 0 Å². The van der Waals surface area contributed by atoms with Gasteiger partial charge in [-0.3, -0.25) is 19.9 Å². The van der Waals surface area contributed by atoms with Gasteiger partial charge >= 0.3 is 0 Å². The predicted octanol–water partition coefficient (Wildman–Crippen LogP) is 30.8. The van der Waals surface area contributed by atoms with Crippen LogP contribution in [-0.4, -0.2) is 78.6 Å². The third-order valence-electron chi connectivity index (χ3n) is 26.4. The number of phenols is 4. The SMILES string of the molecule is CC(C)Cc1cc(-c2[c-]c(-n3c4ccccc4c4cccnc43)ccc2)nc(-c2ccccc2O)c1.Cc1cccc(C)c1-c1cc(-c2[c-]c(-n3c4ccccc4c4cccnc43)ccc2)nc(-c2ccccc2O)c1.Oc1ccccc1-c1cc(-c2ccccc2)cc(-c2[c-]c(-n3c4ccccc4c4cccnc43)ccc2)n1.Oc1ccccc1-c1cccc(-c2[c-]c(-n3c4ccccc4c4cccnc43)ccc2)n1.[Pt].[Pt].[Pt].[Pt]. The van der Waals surface area contributed by atoms with E-state index in [1.54, 1.807) is 30.3 Å². The van der Waals surface area contributed by atoms with Crippen LogP contribution in [0.5, 0.6) is 23.0 Å². The molecule has 0 aliphatic rings. The maximum atomic E-state index is 10.7. The van der Waals surface area contributed by atoms with Gasteiger partial charge in [0.05, 0.1) is 44.8 Å². The summed E-state index contributed by atoms with van der Waals surface area (Å²) >= 11 is 0. The number of para-hydroxylation sites is 8. The van der Waals surface area contributed by atoms with Gasteiger partial charge in [0, 0.05) is 174 Å². The van der Waals surface area contributed by atoms with E-state index in [1.807, 2.05) is 231 Å². The molecule has 0 fully saturated rings. The zero-order valence-electron chi connectivity index (χ0n) is 81.4. The van der Waals surface area contributed by atoms with Crippen molar-refractivity contribution in [3.05, 3.63) is 484 Å². The molecule has 16 nitrogen and oxygen atoms in total. The minimum Gasteiger partial charge on any atom is -0.507 e. The van der Waals surface area contributed by atoms with Gasteiger partial charge in [-0.2, -0.15) is 0 Å². The fraction of sp³-hybridized carbons (Fsp3) is 0.0462. The van der Waals surface area contributed by atoms with Crippen LogP contribution in [0.15, 0.2) is 443 Å². The van der Waals surface area contributed by atoms with Gasteiger partial charge in [0.2, 0.25) is 0 Å². The van der Waals surface area contributed by atoms with Crippen LogP contribution in [0.3, 0.4) is 0 Å². The summed E-state index contributed by atoms with van der Waals surface area (Å²) in [5, 5.41) is 51.1. The van der Waals surface area contributed by atoms with E-state index in [9.17, 15) is 20.4 Å². The Morgan fingerprint density at radius 3 is 0.867 bits per heavy atom. The molecule has 0 saturated carbocycles. The average molecular weight is 2670 g/mol. The van der Waals surface area contributed by atoms with Crippen LogP contribution < -0.4 is 0 Å². The summed E-state index contributed by atoms with van der Waals surface area (Å²) in [5.74, 6) is 1.34. The summed E-state index contributed by atoms with van der Waals surface area (Å²) in [6, 6.07) is 153. The second-order valence-corrected chi connectivity index (χ2v) is 36.4. The quantitative estimate of drug-likeness (QED) is 0.0668. The first kappa shape index (κ1) is 102. The second kappa shape index (κ2) is 45.0. The van der Waals surface area contributed by atoms with E-state index < -0.39 is 0 Å². The molecule has 12 aromatic heterocycles. The number of fused-ring (bicyclic) bond motifs is 12. The standard InChI is InChI=1S/C36H26N3O.C34H22N3O.C32H26N3O.C28H18N3O.4Pt/c1-23-10-7-11-24(2)35(23)26-21-31(38-32(22-26)30-15-4-6-18-34(30)40)25-12-8-13-27(20-25)39-33-17-5-3-14-28(33)29-16-9-19-37-36(29)39;38-33-18-7-5-15-29(33)31-22-25(23-10-2-1-3-11-23)21-30(36-31)24-12-8-13-26(20-24)37-32-17-6-4-14-27(32)28-16-9-19-35-34(28)37;1-21(2)17-22-18-28(34-29(19-22)27-12-4-6-15-31(27)36)23-9-7-10-24(20-23)35-30-14-5-3-11-25(30)26-13-8-16-33-32(26)35;32-27-16-4-2-11-23(27)25-14-6-13-24(30-25)19-8-5-9-20(18-19)31-26-15-3-1-10-21(26)22-12-7-17-29-28(22)31;;;;/h3-19,21-22,40H,1-2H3;1-19,21-22,38H;3-16,18-19,21,36H,17H2,1-2H3;1-17,32H;;;;/q4*-1;;;;. The van der Waals surface area contributed by atoms with Gasteiger partial charge in [-0.1, -0.05) is 220 Å². The summed E-state index contributed by atoms with van der Waals surface area (Å²) in [6.45, 7) is 8.68. The Balaban J connectivity index is 0.000000125. The third kappa shape index (κ3) is 20.4. The van der Waals surface area contributed by atoms with Crippen LogP contribution in [0.4, 0.5) is 0 Å². The number of phenolic OH excluding ortho intramolecular Hbond substituents is 4. The monoisotopic (exact) mass is 2660 g/mol. The largest absolute Gasteiger partial charge is 0.507 e. The van der Waals surface area contributed by atoms with Gasteiger partial charge in [-0.15, -0.1) is 119 Å². The van der Waals surface area contributed by atoms with Gasteiger partial charge < -0.3 is 38.7 Å². The molecule has 0 radical (unpaired) electrons. The van der Waals surface area contributed by atoms with Crippen molar-refractivity contribution in [3.63, 3.8) is 0 Å². The summed E-state index contributed by atoms with van der Waals surface area (Å²) in [7, 11) is 0. The molecule has 4 N–H and O–H groups in total. The van der Waals surface area contributed by atoms with Gasteiger partial charge in [-0.05, 0) is 251 Å². The fourth-order valence-corrected chi connectivity index (χ4v) is 19.9. The molecule has 0 amide bonds. The normalized spacial score (nSPS) is 11.0. The maximum Gasteiger partial charge on any atom is 0.144 e. The second-order valence-electron chi connectivity index (χ2n) is 36.4. The summed E-state index contributed by atoms with van der Waals surface area (Å²) in [4.78, 5) is 38.6. The number of nitrogens with zero attached hydrogens (tertiary/aromatic N) is 12. The molecule has 150 heavy (non-hydrogen) atoms. The van der Waals surface area contributed by atoms with Crippen molar-refractivity contribution < 1.29 is 105 Å². The number of hydrogen-bond donors (Lipinski definition) is 4. The van der Waals surface area contributed by atoms with E-state index in [1.165, 1.54) is 27.6 Å². The Labute approximate surface area is 924 Å². The van der Waals surface area contributed by atoms with Crippen LogP contribution in [0, 0.1) is 44.0 Å². The minimum absolute atomic E-state index is 0. The van der Waals surface area contributed by atoms with Gasteiger partial charge in [0.1, 0.15) is 45.6 Å². The van der Waals surface area contributed by atoms with E-state index in [0.29, 0.717) is 34.0 Å². The van der Waals surface area contributed by atoms with Gasteiger partial charge in [0.15, 0.2) is 0 Å². The van der Waals surface area contributed by atoms with Crippen LogP contribution >= 0.6 is 0 Å². The molecule has 20 heteroatoms. The smallest absolute Gasteiger partial charge is 0.144 e. The van der Waals surface area contributed by atoms with E-state index in [0.717, 1.165) is 190 Å². The molecule has 0 unspecified atom stereocenters. The topological polar surface area (TPSA) is 204 Å². The predicted molar refractivity (Wildman–Crippen MR) is 590 cm³/mol. The molecule has 26 aromatic rings. The van der Waals surface area contributed by atoms with Gasteiger partial charge in [0.25, 0.3) is 0 Å². The summed E-state index contributed by atoms with van der Waals surface area (Å²) < 4.78 is 8.61. The van der Waals surface area contributed by atoms with Crippen molar-refractivity contribution in [1.29, 1.82) is 0 Å². The van der Waals surface area contributed by atoms with Crippen molar-refractivity contribution in [1.82, 2.24) is 58.1 Å². The number of aromatic hydroxyl groups is 4. The third-order valence-corrected chi connectivity index (χ3v) is 26.4. The van der Waals surface area contributed by atoms with E-state index in [-0.39, 0.29) is 107 Å². The fourth-order valence-electron chi connectivity index (χ4n) is 19.9. The van der Waals surface area contributed by atoms with Crippen LogP contribution in [0.2, 0.25) is 0 Å². The van der Waals surface area contributed by atoms with Crippen molar-refractivity contribution in [2.24, 2.45) is 5.92 Å². The number of aryl methyl sites for hydroxylation is 2. The zero-order chi connectivity index (χ0) is 98.8. The number of benzene rings is 14. The van der Waals surface area contributed by atoms with Crippen molar-refractivity contribution >= 4 is 87.7 Å². The average Bonchev–Trinajstić information content (AvgIpc) is 1.60. The molecule has 0 aliphatic carbocycles. The Kier molecular flexibility index (Phi) is 30.6. The molecule has 0 atom stereocenters. The first-order valence-corrected chi connectivity index (χ1v) is 48.5. The van der Waals surface area contributed by atoms with Crippen LogP contribution in [0.1, 0.15) is 30.5 Å². The Morgan fingerprint density at radius 2 is 0.500 bits per heavy atom. The molecule has 740 valence electrons. The molecule has 14 aromatic carbocycles. The molecule has 26 rings (SSSR count). The summed E-state index contributed by atoms with van der Waals surface area (Å²) in [6.07, 6.45) is 8.23. The van der Waals surface area contributed by atoms with E-state index >= 15 is 0 Å². The number of pyridine rings is 8. The van der Waals surface area contributed by atoms with Crippen molar-refractivity contribution in [3.8, 4) is 158 Å². The Morgan fingerprint density at radius 1 is 0.233 bits per heavy atom. The molecule has 0 aliphatic heterocycles. The van der Waals surface area contributed by atoms with Crippen LogP contribution in [0.25, 0.3) is 223 Å². The van der Waals surface area contributed by atoms with E-state index in [2.05, 4.69) is 257 Å². The zero-order valence-corrected chi connectivity index (χ0v) is 90.4. The Hall–Kier alpha value is -16.6. The molecule has 0 saturated heterocycles. The van der Waals surface area contributed by atoms with Crippen LogP contribution in [-0.2, 0) is 90.7 Å². The van der Waals surface area contributed by atoms with Gasteiger partial charge in [-0.25, -0.2) is 19.9 Å². The number of rotatable bonds is 16. The van der Waals surface area contributed by atoms with E-state index in [4.69, 9.17) is 34.9 Å². The molecule has 0 bridgehead atoms. The minimum atomic E-state index is 0.